The third-order valence-electron chi connectivity index (χ3n) is 5.24. The second-order valence-corrected chi connectivity index (χ2v) is 7.10. The molecular formula is C25H19ClF2N2O. The summed E-state index contributed by atoms with van der Waals surface area (Å²) >= 11 is 0. The van der Waals surface area contributed by atoms with Gasteiger partial charge in [0.15, 0.2) is 6.21 Å². The summed E-state index contributed by atoms with van der Waals surface area (Å²) in [5, 5.41) is 1.12. The number of fused-ring (bicyclic) bond motifs is 2. The minimum Gasteiger partial charge on any atom is -1.00 e. The standard InChI is InChI=1S/C25H18F2N2O.ClH/c26-24(27)15-30-17-11-9-16(10-12-17)25(20-13-28-22-7-3-1-5-18(20)22)21-14-29-23-8-4-2-6-19(21)23;/h1-14,24,28H,15H2;1H. The van der Waals surface area contributed by atoms with Crippen molar-refractivity contribution in [3.63, 3.8) is 0 Å². The molecule has 156 valence electrons. The Balaban J connectivity index is 0.00000231. The number of hydrogen-bond acceptors (Lipinski definition) is 1. The second-order valence-electron chi connectivity index (χ2n) is 7.10. The minimum atomic E-state index is -2.50. The number of alkyl halides is 2. The first-order valence-electron chi connectivity index (χ1n) is 9.72. The van der Waals surface area contributed by atoms with E-state index in [0.717, 1.165) is 44.4 Å². The van der Waals surface area contributed by atoms with Gasteiger partial charge in [0.2, 0.25) is 5.69 Å². The molecule has 0 saturated carbocycles. The van der Waals surface area contributed by atoms with Gasteiger partial charge < -0.3 is 22.1 Å². The number of allylic oxidation sites excluding steroid dienone is 1. The Kier molecular flexibility index (Phi) is 5.87. The van der Waals surface area contributed by atoms with Crippen LogP contribution < -0.4 is 22.1 Å². The van der Waals surface area contributed by atoms with Crippen LogP contribution in [0.1, 0.15) is 16.7 Å². The molecule has 0 amide bonds. The SMILES string of the molecule is FC(F)COc1ccc(C(=C2C=[NH+]c3ccccc32)c2c[nH]c3ccccc23)cc1.[Cl-]. The van der Waals surface area contributed by atoms with E-state index in [9.17, 15) is 8.78 Å². The predicted molar refractivity (Wildman–Crippen MR) is 115 cm³/mol. The Morgan fingerprint density at radius 2 is 1.68 bits per heavy atom. The number of hydrogen-bond donors (Lipinski definition) is 2. The molecule has 0 bridgehead atoms. The van der Waals surface area contributed by atoms with Gasteiger partial charge in [-0.25, -0.2) is 13.8 Å². The summed E-state index contributed by atoms with van der Waals surface area (Å²) in [5.74, 6) is 0.427. The third-order valence-corrected chi connectivity index (χ3v) is 5.24. The predicted octanol–water partition coefficient (Wildman–Crippen LogP) is 1.57. The van der Waals surface area contributed by atoms with E-state index in [1.165, 1.54) is 0 Å². The normalized spacial score (nSPS) is 13.9. The average Bonchev–Trinajstić information content (AvgIpc) is 3.39. The number of halogens is 3. The summed E-state index contributed by atoms with van der Waals surface area (Å²) < 4.78 is 30.1. The maximum absolute atomic E-state index is 12.5. The first-order valence-corrected chi connectivity index (χ1v) is 9.72. The number of ether oxygens (including phenoxy) is 1. The largest absolute Gasteiger partial charge is 1.00 e. The molecule has 6 heteroatoms. The molecule has 1 aliphatic heterocycles. The highest BCUT2D eigenvalue weighted by Crippen LogP contribution is 2.37. The van der Waals surface area contributed by atoms with Crippen LogP contribution in [-0.4, -0.2) is 24.2 Å². The van der Waals surface area contributed by atoms with E-state index >= 15 is 0 Å². The second kappa shape index (κ2) is 8.74. The van der Waals surface area contributed by atoms with Crippen LogP contribution in [0.3, 0.4) is 0 Å². The summed E-state index contributed by atoms with van der Waals surface area (Å²) in [6.07, 6.45) is 1.54. The maximum atomic E-state index is 12.5. The number of nitrogens with one attached hydrogen (secondary N) is 2. The lowest BCUT2D eigenvalue weighted by Gasteiger charge is -2.12. The molecule has 0 fully saturated rings. The summed E-state index contributed by atoms with van der Waals surface area (Å²) in [6, 6.07) is 23.6. The maximum Gasteiger partial charge on any atom is 0.272 e. The Morgan fingerprint density at radius 1 is 0.935 bits per heavy atom. The van der Waals surface area contributed by atoms with Gasteiger partial charge in [-0.15, -0.1) is 0 Å². The van der Waals surface area contributed by atoms with Crippen LogP contribution in [0.2, 0.25) is 0 Å². The highest BCUT2D eigenvalue weighted by Gasteiger charge is 2.24. The summed E-state index contributed by atoms with van der Waals surface area (Å²) in [7, 11) is 0. The highest BCUT2D eigenvalue weighted by atomic mass is 35.5. The van der Waals surface area contributed by atoms with Gasteiger partial charge in [-0.2, -0.15) is 0 Å². The zero-order chi connectivity index (χ0) is 20.5. The topological polar surface area (TPSA) is 39.0 Å². The number of H-pyrrole nitrogens is 1. The lowest BCUT2D eigenvalue weighted by Crippen LogP contribution is -3.00. The van der Waals surface area contributed by atoms with Gasteiger partial charge in [0.1, 0.15) is 12.4 Å². The molecule has 1 aliphatic rings. The molecule has 4 aromatic rings. The zero-order valence-electron chi connectivity index (χ0n) is 16.4. The van der Waals surface area contributed by atoms with E-state index < -0.39 is 13.0 Å². The highest BCUT2D eigenvalue weighted by molar-refractivity contribution is 6.24. The molecule has 5 rings (SSSR count). The third kappa shape index (κ3) is 3.97. The average molecular weight is 437 g/mol. The van der Waals surface area contributed by atoms with Gasteiger partial charge in [0, 0.05) is 34.3 Å². The Morgan fingerprint density at radius 3 is 2.48 bits per heavy atom. The van der Waals surface area contributed by atoms with Crippen LogP contribution in [0.15, 0.2) is 79.0 Å². The molecule has 2 N–H and O–H groups in total. The number of benzene rings is 3. The smallest absolute Gasteiger partial charge is 0.272 e. The van der Waals surface area contributed by atoms with E-state index in [2.05, 4.69) is 22.1 Å². The first kappa shape index (κ1) is 20.8. The lowest BCUT2D eigenvalue weighted by molar-refractivity contribution is -0.342. The molecule has 0 spiro atoms. The minimum absolute atomic E-state index is 0. The van der Waals surface area contributed by atoms with Crippen molar-refractivity contribution in [2.75, 3.05) is 6.61 Å². The molecule has 3 aromatic carbocycles. The van der Waals surface area contributed by atoms with Gasteiger partial charge in [-0.1, -0.05) is 42.5 Å². The Hall–Kier alpha value is -3.44. The molecule has 0 saturated heterocycles. The fourth-order valence-corrected chi connectivity index (χ4v) is 3.89. The quantitative estimate of drug-likeness (QED) is 0.490. The van der Waals surface area contributed by atoms with E-state index in [1.54, 1.807) is 12.1 Å². The fraction of sp³-hybridized carbons (Fsp3) is 0.0800. The van der Waals surface area contributed by atoms with Gasteiger partial charge in [-0.3, -0.25) is 0 Å². The monoisotopic (exact) mass is 436 g/mol. The molecule has 2 heterocycles. The van der Waals surface area contributed by atoms with Crippen molar-refractivity contribution >= 4 is 34.0 Å². The van der Waals surface area contributed by atoms with E-state index in [0.29, 0.717) is 5.75 Å². The van der Waals surface area contributed by atoms with Crippen molar-refractivity contribution in [1.82, 2.24) is 4.98 Å². The van der Waals surface area contributed by atoms with Crippen LogP contribution in [0.5, 0.6) is 5.75 Å². The van der Waals surface area contributed by atoms with Gasteiger partial charge in [0.25, 0.3) is 6.43 Å². The lowest BCUT2D eigenvalue weighted by atomic mass is 9.90. The van der Waals surface area contributed by atoms with Crippen LogP contribution in [0.25, 0.3) is 22.0 Å². The molecule has 3 nitrogen and oxygen atoms in total. The Labute approximate surface area is 184 Å². The van der Waals surface area contributed by atoms with Gasteiger partial charge in [0.05, 0.1) is 11.1 Å². The van der Waals surface area contributed by atoms with Crippen LogP contribution in [0.4, 0.5) is 14.5 Å². The summed E-state index contributed by atoms with van der Waals surface area (Å²) in [4.78, 5) is 6.71. The van der Waals surface area contributed by atoms with Crippen LogP contribution in [0, 0.1) is 0 Å². The van der Waals surface area contributed by atoms with Crippen LogP contribution >= 0.6 is 0 Å². The van der Waals surface area contributed by atoms with Gasteiger partial charge in [-0.05, 0) is 29.8 Å². The Bertz CT molecular complexity index is 1280. The molecule has 1 aromatic heterocycles. The van der Waals surface area contributed by atoms with Crippen molar-refractivity contribution in [1.29, 1.82) is 0 Å². The van der Waals surface area contributed by atoms with Gasteiger partial charge >= 0.3 is 0 Å². The summed E-state index contributed by atoms with van der Waals surface area (Å²) in [6.45, 7) is -0.610. The molecule has 31 heavy (non-hydrogen) atoms. The molecular weight excluding hydrogens is 418 g/mol. The molecule has 0 radical (unpaired) electrons. The number of aromatic nitrogens is 1. The van der Waals surface area contributed by atoms with Crippen molar-refractivity contribution in [3.05, 3.63) is 95.7 Å². The van der Waals surface area contributed by atoms with E-state index in [4.69, 9.17) is 4.74 Å². The van der Waals surface area contributed by atoms with Crippen molar-refractivity contribution < 1.29 is 30.9 Å². The fourth-order valence-electron chi connectivity index (χ4n) is 3.89. The van der Waals surface area contributed by atoms with E-state index in [1.807, 2.05) is 60.9 Å². The van der Waals surface area contributed by atoms with E-state index in [-0.39, 0.29) is 12.4 Å². The first-order chi connectivity index (χ1) is 14.7. The zero-order valence-corrected chi connectivity index (χ0v) is 17.2. The van der Waals surface area contributed by atoms with Crippen molar-refractivity contribution in [2.24, 2.45) is 0 Å². The number of rotatable bonds is 5. The molecule has 0 atom stereocenters. The van der Waals surface area contributed by atoms with Crippen molar-refractivity contribution in [2.45, 2.75) is 6.43 Å². The van der Waals surface area contributed by atoms with Crippen molar-refractivity contribution in [3.8, 4) is 5.75 Å². The summed E-state index contributed by atoms with van der Waals surface area (Å²) in [5.41, 5.74) is 7.44. The molecule has 0 aliphatic carbocycles. The molecule has 0 unspecified atom stereocenters. The number of para-hydroxylation sites is 2. The van der Waals surface area contributed by atoms with Crippen LogP contribution in [-0.2, 0) is 0 Å². The number of aromatic amines is 1.